The molecule has 1 aliphatic carbocycles. The maximum absolute atomic E-state index is 13.7. The largest absolute Gasteiger partial charge is 0.421 e. The smallest absolute Gasteiger partial charge is 0.376 e. The zero-order valence-corrected chi connectivity index (χ0v) is 20.1. The van der Waals surface area contributed by atoms with Gasteiger partial charge in [-0.1, -0.05) is 45.0 Å². The van der Waals surface area contributed by atoms with Crippen molar-refractivity contribution in [1.82, 2.24) is 4.72 Å². The van der Waals surface area contributed by atoms with Crippen molar-refractivity contribution in [3.05, 3.63) is 59.7 Å². The molecule has 0 radical (unpaired) electrons. The van der Waals surface area contributed by atoms with E-state index in [2.05, 4.69) is 10.0 Å². The highest BCUT2D eigenvalue weighted by atomic mass is 32.2. The van der Waals surface area contributed by atoms with Gasteiger partial charge >= 0.3 is 6.18 Å². The molecular weight excluding hydrogens is 469 g/mol. The number of aliphatic hydroxyl groups is 1. The van der Waals surface area contributed by atoms with Crippen LogP contribution in [0.4, 0.5) is 18.9 Å². The van der Waals surface area contributed by atoms with E-state index in [1.807, 2.05) is 0 Å². The van der Waals surface area contributed by atoms with E-state index in [1.165, 1.54) is 24.3 Å². The Morgan fingerprint density at radius 3 is 2.03 bits per heavy atom. The van der Waals surface area contributed by atoms with E-state index in [0.717, 1.165) is 25.0 Å². The molecule has 10 heteroatoms. The minimum absolute atomic E-state index is 0.0116. The SMILES string of the molecule is CC(C)(C)CC(O)(c1ccc(NC(=O)Cc2ccc(S(=O)(=O)NC3CC3)cc2)cc1)C(F)(F)F. The molecular formula is C24H29F3N2O4S. The fraction of sp³-hybridized carbons (Fsp3) is 0.458. The van der Waals surface area contributed by atoms with Crippen LogP contribution < -0.4 is 10.0 Å². The van der Waals surface area contributed by atoms with Gasteiger partial charge in [-0.3, -0.25) is 4.79 Å². The molecule has 0 heterocycles. The predicted molar refractivity (Wildman–Crippen MR) is 123 cm³/mol. The quantitative estimate of drug-likeness (QED) is 0.500. The molecule has 1 aliphatic rings. The van der Waals surface area contributed by atoms with Gasteiger partial charge in [0.25, 0.3) is 0 Å². The molecule has 3 rings (SSSR count). The van der Waals surface area contributed by atoms with Gasteiger partial charge < -0.3 is 10.4 Å². The third-order valence-corrected chi connectivity index (χ3v) is 6.94. The summed E-state index contributed by atoms with van der Waals surface area (Å²) >= 11 is 0. The zero-order valence-electron chi connectivity index (χ0n) is 19.2. The number of halogens is 3. The maximum Gasteiger partial charge on any atom is 0.421 e. The van der Waals surface area contributed by atoms with E-state index >= 15 is 0 Å². The molecule has 1 atom stereocenters. The fourth-order valence-corrected chi connectivity index (χ4v) is 4.93. The molecule has 6 nitrogen and oxygen atoms in total. The van der Waals surface area contributed by atoms with Crippen LogP contribution in [-0.2, 0) is 26.8 Å². The second kappa shape index (κ2) is 9.31. The number of hydrogen-bond donors (Lipinski definition) is 3. The number of amides is 1. The van der Waals surface area contributed by atoms with Crippen molar-refractivity contribution in [2.75, 3.05) is 5.32 Å². The van der Waals surface area contributed by atoms with E-state index < -0.39 is 39.5 Å². The Labute approximate surface area is 197 Å². The van der Waals surface area contributed by atoms with Crippen molar-refractivity contribution in [3.8, 4) is 0 Å². The lowest BCUT2D eigenvalue weighted by Crippen LogP contribution is -2.45. The normalized spacial score (nSPS) is 16.7. The maximum atomic E-state index is 13.7. The predicted octanol–water partition coefficient (Wildman–Crippen LogP) is 4.49. The lowest BCUT2D eigenvalue weighted by molar-refractivity contribution is -0.276. The first-order valence-corrected chi connectivity index (χ1v) is 12.4. The standard InChI is InChI=1S/C24H29F3N2O4S/c1-22(2,3)15-23(31,24(25,26)27)17-6-8-18(9-7-17)28-21(30)14-16-4-12-20(13-5-16)34(32,33)29-19-10-11-19/h4-9,12-13,19,29,31H,10-11,14-15H2,1-3H3,(H,28,30). The molecule has 0 spiro atoms. The Kier molecular flexibility index (Phi) is 7.17. The number of anilines is 1. The fourth-order valence-electron chi connectivity index (χ4n) is 3.63. The van der Waals surface area contributed by atoms with Crippen LogP contribution in [0, 0.1) is 5.41 Å². The first-order chi connectivity index (χ1) is 15.6. The van der Waals surface area contributed by atoms with Gasteiger partial charge in [-0.15, -0.1) is 0 Å². The number of carbonyl (C=O) groups is 1. The van der Waals surface area contributed by atoms with Crippen molar-refractivity contribution in [3.63, 3.8) is 0 Å². The van der Waals surface area contributed by atoms with Crippen LogP contribution in [-0.4, -0.2) is 31.6 Å². The molecule has 2 aromatic carbocycles. The van der Waals surface area contributed by atoms with E-state index in [9.17, 15) is 31.5 Å². The topological polar surface area (TPSA) is 95.5 Å². The lowest BCUT2D eigenvalue weighted by Gasteiger charge is -2.36. The first-order valence-electron chi connectivity index (χ1n) is 10.9. The molecule has 0 saturated heterocycles. The Hall–Kier alpha value is -2.43. The molecule has 186 valence electrons. The van der Waals surface area contributed by atoms with Gasteiger partial charge in [0.05, 0.1) is 11.3 Å². The van der Waals surface area contributed by atoms with Crippen molar-refractivity contribution >= 4 is 21.6 Å². The third kappa shape index (κ3) is 6.58. The molecule has 0 bridgehead atoms. The van der Waals surface area contributed by atoms with Crippen molar-refractivity contribution < 1.29 is 31.5 Å². The van der Waals surface area contributed by atoms with E-state index in [-0.39, 0.29) is 28.6 Å². The van der Waals surface area contributed by atoms with Crippen LogP contribution in [0.1, 0.15) is 51.2 Å². The molecule has 1 unspecified atom stereocenters. The van der Waals surface area contributed by atoms with Crippen molar-refractivity contribution in [2.45, 2.75) is 69.2 Å². The zero-order chi connectivity index (χ0) is 25.4. The molecule has 1 saturated carbocycles. The molecule has 1 amide bonds. The summed E-state index contributed by atoms with van der Waals surface area (Å²) in [5.41, 5.74) is -3.23. The third-order valence-electron chi connectivity index (χ3n) is 5.40. The van der Waals surface area contributed by atoms with E-state index in [4.69, 9.17) is 0 Å². The second-order valence-electron chi connectivity index (χ2n) is 9.94. The molecule has 0 aliphatic heterocycles. The van der Waals surface area contributed by atoms with Gasteiger partial charge in [-0.2, -0.15) is 13.2 Å². The number of nitrogens with one attached hydrogen (secondary N) is 2. The molecule has 1 fully saturated rings. The molecule has 0 aromatic heterocycles. The van der Waals surface area contributed by atoms with Crippen LogP contribution in [0.15, 0.2) is 53.4 Å². The number of alkyl halides is 3. The van der Waals surface area contributed by atoms with Gasteiger partial charge in [-0.25, -0.2) is 13.1 Å². The second-order valence-corrected chi connectivity index (χ2v) is 11.7. The van der Waals surface area contributed by atoms with E-state index in [0.29, 0.717) is 5.56 Å². The molecule has 34 heavy (non-hydrogen) atoms. The molecule has 3 N–H and O–H groups in total. The number of benzene rings is 2. The Morgan fingerprint density at radius 2 is 1.56 bits per heavy atom. The van der Waals surface area contributed by atoms with Gasteiger partial charge in [0.1, 0.15) is 0 Å². The van der Waals surface area contributed by atoms with Gasteiger partial charge in [0.15, 0.2) is 5.60 Å². The highest BCUT2D eigenvalue weighted by Crippen LogP contribution is 2.46. The first kappa shape index (κ1) is 26.2. The van der Waals surface area contributed by atoms with Crippen LogP contribution in [0.3, 0.4) is 0 Å². The number of carbonyl (C=O) groups excluding carboxylic acids is 1. The van der Waals surface area contributed by atoms with Crippen LogP contribution in [0.2, 0.25) is 0 Å². The average Bonchev–Trinajstić information content (AvgIpc) is 3.50. The summed E-state index contributed by atoms with van der Waals surface area (Å²) in [7, 11) is -3.58. The number of sulfonamides is 1. The Morgan fingerprint density at radius 1 is 1.00 bits per heavy atom. The Balaban J connectivity index is 1.65. The van der Waals surface area contributed by atoms with Crippen LogP contribution in [0.25, 0.3) is 0 Å². The minimum Gasteiger partial charge on any atom is -0.376 e. The molecule has 2 aromatic rings. The summed E-state index contributed by atoms with van der Waals surface area (Å²) in [6, 6.07) is 10.9. The van der Waals surface area contributed by atoms with Crippen LogP contribution in [0.5, 0.6) is 0 Å². The average molecular weight is 499 g/mol. The highest BCUT2D eigenvalue weighted by Gasteiger charge is 2.56. The van der Waals surface area contributed by atoms with E-state index in [1.54, 1.807) is 32.9 Å². The van der Waals surface area contributed by atoms with Crippen molar-refractivity contribution in [1.29, 1.82) is 0 Å². The highest BCUT2D eigenvalue weighted by molar-refractivity contribution is 7.89. The van der Waals surface area contributed by atoms with Gasteiger partial charge in [0.2, 0.25) is 15.9 Å². The summed E-state index contributed by atoms with van der Waals surface area (Å²) in [6.45, 7) is 4.84. The minimum atomic E-state index is -4.86. The van der Waals surface area contributed by atoms with Gasteiger partial charge in [-0.05, 0) is 60.1 Å². The van der Waals surface area contributed by atoms with Gasteiger partial charge in [0, 0.05) is 11.7 Å². The lowest BCUT2D eigenvalue weighted by atomic mass is 9.77. The number of hydrogen-bond acceptors (Lipinski definition) is 4. The number of rotatable bonds is 8. The monoisotopic (exact) mass is 498 g/mol. The Bertz CT molecular complexity index is 1120. The summed E-state index contributed by atoms with van der Waals surface area (Å²) in [4.78, 5) is 12.5. The summed E-state index contributed by atoms with van der Waals surface area (Å²) in [5, 5.41) is 13.1. The summed E-state index contributed by atoms with van der Waals surface area (Å²) in [6.07, 6.45) is -3.78. The van der Waals surface area contributed by atoms with Crippen LogP contribution >= 0.6 is 0 Å². The summed E-state index contributed by atoms with van der Waals surface area (Å²) < 4.78 is 68.0. The van der Waals surface area contributed by atoms with Crippen molar-refractivity contribution in [2.24, 2.45) is 5.41 Å². The summed E-state index contributed by atoms with van der Waals surface area (Å²) in [5.74, 6) is -0.416.